The minimum atomic E-state index is -1.20. The highest BCUT2D eigenvalue weighted by atomic mass is 32.2. The fourth-order valence-corrected chi connectivity index (χ4v) is 5.71. The summed E-state index contributed by atoms with van der Waals surface area (Å²) in [6.07, 6.45) is 9.53. The predicted octanol–water partition coefficient (Wildman–Crippen LogP) is 4.03. The lowest BCUT2D eigenvalue weighted by Gasteiger charge is -2.37. The predicted molar refractivity (Wildman–Crippen MR) is 141 cm³/mol. The van der Waals surface area contributed by atoms with Gasteiger partial charge in [0.15, 0.2) is 11.2 Å². The SMILES string of the molecule is COCCO[C@]1(C(=O)O)CC[C@@H](c2nc3c(-c4cnn(-c5ccccc5)c4)cnn3c(N)c2SC)CC1. The summed E-state index contributed by atoms with van der Waals surface area (Å²) in [6, 6.07) is 9.89. The average Bonchev–Trinajstić information content (AvgIpc) is 3.57. The van der Waals surface area contributed by atoms with Gasteiger partial charge >= 0.3 is 5.97 Å². The van der Waals surface area contributed by atoms with Crippen LogP contribution in [0, 0.1) is 0 Å². The van der Waals surface area contributed by atoms with Crippen molar-refractivity contribution in [3.05, 3.63) is 54.6 Å². The van der Waals surface area contributed by atoms with E-state index in [9.17, 15) is 9.90 Å². The molecule has 1 aliphatic rings. The molecule has 1 saturated carbocycles. The van der Waals surface area contributed by atoms with Crippen LogP contribution in [0.15, 0.2) is 53.8 Å². The number of carboxylic acids is 1. The number of fused-ring (bicyclic) bond motifs is 1. The fraction of sp³-hybridized carbons (Fsp3) is 0.385. The van der Waals surface area contributed by atoms with Crippen LogP contribution in [0.3, 0.4) is 0 Å². The van der Waals surface area contributed by atoms with Crippen molar-refractivity contribution in [2.75, 3.05) is 32.3 Å². The van der Waals surface area contributed by atoms with E-state index in [2.05, 4.69) is 10.2 Å². The summed E-state index contributed by atoms with van der Waals surface area (Å²) in [7, 11) is 1.57. The van der Waals surface area contributed by atoms with Crippen LogP contribution in [0.1, 0.15) is 37.3 Å². The van der Waals surface area contributed by atoms with Gasteiger partial charge in [0.05, 0.1) is 41.9 Å². The number of aliphatic carboxylic acids is 1. The zero-order valence-electron chi connectivity index (χ0n) is 20.8. The Balaban J connectivity index is 1.47. The van der Waals surface area contributed by atoms with Crippen molar-refractivity contribution in [1.29, 1.82) is 0 Å². The third kappa shape index (κ3) is 4.70. The minimum absolute atomic E-state index is 0.0584. The third-order valence-corrected chi connectivity index (χ3v) is 7.84. The lowest BCUT2D eigenvalue weighted by molar-refractivity contribution is -0.173. The number of aromatic nitrogens is 5. The molecule has 10 nitrogen and oxygen atoms in total. The van der Waals surface area contributed by atoms with Crippen LogP contribution < -0.4 is 5.73 Å². The van der Waals surface area contributed by atoms with Crippen LogP contribution in [0.4, 0.5) is 5.82 Å². The maximum absolute atomic E-state index is 12.1. The molecule has 1 aromatic carbocycles. The Kier molecular flexibility index (Phi) is 7.18. The number of thioether (sulfide) groups is 1. The van der Waals surface area contributed by atoms with E-state index in [1.165, 1.54) is 11.8 Å². The van der Waals surface area contributed by atoms with Crippen LogP contribution in [-0.2, 0) is 14.3 Å². The van der Waals surface area contributed by atoms with Gasteiger partial charge in [0.2, 0.25) is 0 Å². The molecular weight excluding hydrogens is 492 g/mol. The number of nitrogens with two attached hydrogens (primary N) is 1. The maximum atomic E-state index is 12.1. The number of nitrogen functional groups attached to an aromatic ring is 1. The van der Waals surface area contributed by atoms with E-state index >= 15 is 0 Å². The highest BCUT2D eigenvalue weighted by Crippen LogP contribution is 2.44. The van der Waals surface area contributed by atoms with Gasteiger partial charge < -0.3 is 20.3 Å². The monoisotopic (exact) mass is 522 g/mol. The lowest BCUT2D eigenvalue weighted by Crippen LogP contribution is -2.45. The first-order valence-corrected chi connectivity index (χ1v) is 13.4. The Bertz CT molecular complexity index is 1400. The number of hydrogen-bond acceptors (Lipinski definition) is 8. The molecule has 0 unspecified atom stereocenters. The van der Waals surface area contributed by atoms with Gasteiger partial charge in [0.1, 0.15) is 5.82 Å². The fourth-order valence-electron chi connectivity index (χ4n) is 4.99. The zero-order valence-corrected chi connectivity index (χ0v) is 21.6. The summed E-state index contributed by atoms with van der Waals surface area (Å²) in [4.78, 5) is 18.1. The van der Waals surface area contributed by atoms with E-state index < -0.39 is 11.6 Å². The summed E-state index contributed by atoms with van der Waals surface area (Å²) >= 11 is 1.53. The molecule has 194 valence electrons. The van der Waals surface area contributed by atoms with Crippen LogP contribution in [0.2, 0.25) is 0 Å². The summed E-state index contributed by atoms with van der Waals surface area (Å²) in [5, 5.41) is 19.0. The van der Waals surface area contributed by atoms with Gasteiger partial charge in [-0.25, -0.2) is 14.5 Å². The zero-order chi connectivity index (χ0) is 26.0. The maximum Gasteiger partial charge on any atom is 0.335 e. The Labute approximate surface area is 218 Å². The Morgan fingerprint density at radius 2 is 1.95 bits per heavy atom. The smallest absolute Gasteiger partial charge is 0.335 e. The normalized spacial score (nSPS) is 19.9. The number of hydrogen-bond donors (Lipinski definition) is 2. The molecule has 0 radical (unpaired) electrons. The van der Waals surface area contributed by atoms with Gasteiger partial charge in [-0.1, -0.05) is 18.2 Å². The Morgan fingerprint density at radius 1 is 1.19 bits per heavy atom. The molecule has 0 atom stereocenters. The summed E-state index contributed by atoms with van der Waals surface area (Å²) in [6.45, 7) is 0.602. The van der Waals surface area contributed by atoms with Crippen LogP contribution >= 0.6 is 11.8 Å². The van der Waals surface area contributed by atoms with Gasteiger partial charge in [-0.2, -0.15) is 14.7 Å². The molecule has 0 amide bonds. The molecule has 37 heavy (non-hydrogen) atoms. The molecule has 0 saturated heterocycles. The molecule has 3 aromatic heterocycles. The van der Waals surface area contributed by atoms with E-state index in [-0.39, 0.29) is 12.5 Å². The number of anilines is 1. The average molecular weight is 523 g/mol. The minimum Gasteiger partial charge on any atom is -0.479 e. The van der Waals surface area contributed by atoms with Crippen molar-refractivity contribution >= 4 is 29.2 Å². The molecule has 0 bridgehead atoms. The molecular formula is C26H30N6O4S. The number of para-hydroxylation sites is 1. The largest absolute Gasteiger partial charge is 0.479 e. The number of methoxy groups -OCH3 is 1. The van der Waals surface area contributed by atoms with Crippen LogP contribution in [0.25, 0.3) is 22.5 Å². The summed E-state index contributed by atoms with van der Waals surface area (Å²) < 4.78 is 14.3. The van der Waals surface area contributed by atoms with Gasteiger partial charge in [-0.3, -0.25) is 0 Å². The molecule has 11 heteroatoms. The number of rotatable bonds is 9. The van der Waals surface area contributed by atoms with Gasteiger partial charge in [0, 0.05) is 30.4 Å². The quantitative estimate of drug-likeness (QED) is 0.247. The van der Waals surface area contributed by atoms with Crippen molar-refractivity contribution < 1.29 is 19.4 Å². The second kappa shape index (κ2) is 10.5. The number of nitrogens with zero attached hydrogens (tertiary/aromatic N) is 5. The standard InChI is InChI=1S/C26H30N6O4S/c1-35-12-13-36-26(25(33)34)10-8-17(9-11-26)21-22(37-2)23(27)32-24(30-21)20(15-29-32)18-14-28-31(16-18)19-6-4-3-5-7-19/h3-7,14-17H,8-13,27H2,1-2H3,(H,33,34)/t17-,26-. The van der Waals surface area contributed by atoms with Crippen molar-refractivity contribution in [2.24, 2.45) is 0 Å². The second-order valence-corrected chi connectivity index (χ2v) is 9.95. The summed E-state index contributed by atoms with van der Waals surface area (Å²) in [5.74, 6) is -0.341. The molecule has 0 spiro atoms. The van der Waals surface area contributed by atoms with Crippen molar-refractivity contribution in [3.63, 3.8) is 0 Å². The van der Waals surface area contributed by atoms with E-state index in [0.717, 1.165) is 27.4 Å². The molecule has 3 N–H and O–H groups in total. The number of ether oxygens (including phenoxy) is 2. The van der Waals surface area contributed by atoms with Crippen molar-refractivity contribution in [3.8, 4) is 16.8 Å². The number of carbonyl (C=O) groups is 1. The first-order valence-electron chi connectivity index (χ1n) is 12.2. The topological polar surface area (TPSA) is 130 Å². The van der Waals surface area contributed by atoms with Crippen LogP contribution in [-0.4, -0.2) is 67.6 Å². The van der Waals surface area contributed by atoms with Crippen LogP contribution in [0.5, 0.6) is 0 Å². The van der Waals surface area contributed by atoms with E-state index in [1.807, 2.05) is 47.5 Å². The summed E-state index contributed by atoms with van der Waals surface area (Å²) in [5.41, 5.74) is 9.61. The van der Waals surface area contributed by atoms with Crippen molar-refractivity contribution in [2.45, 2.75) is 42.1 Å². The molecule has 5 rings (SSSR count). The number of carboxylic acid groups (broad SMARTS) is 1. The van der Waals surface area contributed by atoms with E-state index in [0.29, 0.717) is 43.8 Å². The highest BCUT2D eigenvalue weighted by molar-refractivity contribution is 7.98. The molecule has 4 aromatic rings. The first-order chi connectivity index (χ1) is 18.0. The molecule has 3 heterocycles. The Morgan fingerprint density at radius 3 is 2.62 bits per heavy atom. The van der Waals surface area contributed by atoms with Gasteiger partial charge in [-0.05, 0) is 44.1 Å². The van der Waals surface area contributed by atoms with Crippen molar-refractivity contribution in [1.82, 2.24) is 24.4 Å². The lowest BCUT2D eigenvalue weighted by atomic mass is 9.77. The number of benzene rings is 1. The van der Waals surface area contributed by atoms with Gasteiger partial charge in [-0.15, -0.1) is 11.8 Å². The van der Waals surface area contributed by atoms with E-state index in [4.69, 9.17) is 20.2 Å². The second-order valence-electron chi connectivity index (χ2n) is 9.13. The molecule has 0 aliphatic heterocycles. The molecule has 1 fully saturated rings. The Hall–Kier alpha value is -3.41. The first kappa shape index (κ1) is 25.2. The van der Waals surface area contributed by atoms with E-state index in [1.54, 1.807) is 24.0 Å². The molecule has 1 aliphatic carbocycles. The van der Waals surface area contributed by atoms with Gasteiger partial charge in [0.25, 0.3) is 0 Å². The highest BCUT2D eigenvalue weighted by Gasteiger charge is 2.44. The third-order valence-electron chi connectivity index (χ3n) is 7.02.